The Bertz CT molecular complexity index is 723. The van der Waals surface area contributed by atoms with Crippen molar-refractivity contribution in [3.63, 3.8) is 0 Å². The predicted octanol–water partition coefficient (Wildman–Crippen LogP) is 4.16. The Morgan fingerprint density at radius 3 is 2.78 bits per heavy atom. The molecule has 1 amide bonds. The fourth-order valence-electron chi connectivity index (χ4n) is 2.08. The number of amides is 1. The SMILES string of the molecule is CCNc1ccccc1-c1ccc(/C=C(\SC=S)C(=O)NC)o1. The number of furan rings is 1. The third kappa shape index (κ3) is 4.46. The molecule has 1 heterocycles. The predicted molar refractivity (Wildman–Crippen MR) is 102 cm³/mol. The molecule has 0 saturated heterocycles. The lowest BCUT2D eigenvalue weighted by molar-refractivity contribution is -0.116. The molecule has 4 nitrogen and oxygen atoms in total. The van der Waals surface area contributed by atoms with Crippen LogP contribution in [0, 0.1) is 0 Å². The number of thiocarbonyl (C=S) groups is 1. The third-order valence-corrected chi connectivity index (χ3v) is 4.03. The van der Waals surface area contributed by atoms with Gasteiger partial charge in [0.2, 0.25) is 0 Å². The molecule has 6 heteroatoms. The Morgan fingerprint density at radius 2 is 2.09 bits per heavy atom. The van der Waals surface area contributed by atoms with E-state index in [1.54, 1.807) is 13.1 Å². The van der Waals surface area contributed by atoms with Gasteiger partial charge in [-0.25, -0.2) is 0 Å². The molecule has 0 aliphatic heterocycles. The van der Waals surface area contributed by atoms with Crippen LogP contribution in [-0.2, 0) is 4.79 Å². The van der Waals surface area contributed by atoms with Gasteiger partial charge in [-0.2, -0.15) is 0 Å². The van der Waals surface area contributed by atoms with Gasteiger partial charge in [0.05, 0.1) is 4.91 Å². The topological polar surface area (TPSA) is 54.3 Å². The van der Waals surface area contributed by atoms with Crippen LogP contribution in [0.25, 0.3) is 17.4 Å². The maximum atomic E-state index is 11.8. The Kier molecular flexibility index (Phi) is 6.43. The third-order valence-electron chi connectivity index (χ3n) is 3.09. The maximum Gasteiger partial charge on any atom is 0.257 e. The molecule has 2 aromatic rings. The Balaban J connectivity index is 2.33. The summed E-state index contributed by atoms with van der Waals surface area (Å²) in [6.07, 6.45) is 1.69. The molecule has 0 saturated carbocycles. The number of carbonyl (C=O) groups excluding carboxylic acids is 1. The van der Waals surface area contributed by atoms with E-state index in [4.69, 9.17) is 16.6 Å². The molecule has 0 radical (unpaired) electrons. The van der Waals surface area contributed by atoms with Gasteiger partial charge in [-0.1, -0.05) is 36.1 Å². The minimum Gasteiger partial charge on any atom is -0.457 e. The Labute approximate surface area is 145 Å². The standard InChI is InChI=1S/C17H18N2O2S2/c1-3-19-14-7-5-4-6-13(14)15-9-8-12(21-15)10-16(23-11-22)17(20)18-2/h4-11,19H,3H2,1-2H3,(H,18,20)/b16-10-. The average Bonchev–Trinajstić information content (AvgIpc) is 3.03. The van der Waals surface area contributed by atoms with Crippen molar-refractivity contribution in [1.82, 2.24) is 5.32 Å². The summed E-state index contributed by atoms with van der Waals surface area (Å²) in [7, 11) is 1.58. The molecule has 0 aliphatic rings. The summed E-state index contributed by atoms with van der Waals surface area (Å²) in [5.74, 6) is 1.16. The molecule has 0 fully saturated rings. The summed E-state index contributed by atoms with van der Waals surface area (Å²) in [6, 6.07) is 11.7. The quantitative estimate of drug-likeness (QED) is 0.582. The molecule has 0 unspecified atom stereocenters. The number of rotatable bonds is 7. The van der Waals surface area contributed by atoms with Crippen LogP contribution in [0.3, 0.4) is 0 Å². The van der Waals surface area contributed by atoms with Gasteiger partial charge in [-0.05, 0) is 31.2 Å². The number of benzene rings is 1. The number of nitrogens with one attached hydrogen (secondary N) is 2. The zero-order chi connectivity index (χ0) is 16.7. The van der Waals surface area contributed by atoms with Crippen molar-refractivity contribution in [3.8, 4) is 11.3 Å². The monoisotopic (exact) mass is 346 g/mol. The molecule has 0 bridgehead atoms. The van der Waals surface area contributed by atoms with Gasteiger partial charge in [-0.15, -0.1) is 0 Å². The van der Waals surface area contributed by atoms with E-state index in [1.807, 2.05) is 43.3 Å². The van der Waals surface area contributed by atoms with Crippen LogP contribution in [-0.4, -0.2) is 24.2 Å². The van der Waals surface area contributed by atoms with Gasteiger partial charge < -0.3 is 15.1 Å². The summed E-state index contributed by atoms with van der Waals surface area (Å²) in [4.78, 5) is 12.3. The lowest BCUT2D eigenvalue weighted by Crippen LogP contribution is -2.18. The molecule has 0 aliphatic carbocycles. The van der Waals surface area contributed by atoms with Crippen LogP contribution < -0.4 is 10.6 Å². The van der Waals surface area contributed by atoms with Gasteiger partial charge >= 0.3 is 0 Å². The first kappa shape index (κ1) is 17.3. The van der Waals surface area contributed by atoms with E-state index < -0.39 is 0 Å². The summed E-state index contributed by atoms with van der Waals surface area (Å²) >= 11 is 6.00. The smallest absolute Gasteiger partial charge is 0.257 e. The van der Waals surface area contributed by atoms with E-state index in [0.29, 0.717) is 10.7 Å². The highest BCUT2D eigenvalue weighted by molar-refractivity contribution is 8.24. The largest absolute Gasteiger partial charge is 0.457 e. The number of anilines is 1. The number of carbonyl (C=O) groups is 1. The molecule has 2 N–H and O–H groups in total. The van der Waals surface area contributed by atoms with Crippen molar-refractivity contribution in [2.45, 2.75) is 6.92 Å². The molecule has 1 aromatic carbocycles. The van der Waals surface area contributed by atoms with E-state index in [-0.39, 0.29) is 5.91 Å². The Morgan fingerprint density at radius 1 is 1.30 bits per heavy atom. The molecule has 23 heavy (non-hydrogen) atoms. The number of para-hydroxylation sites is 1. The maximum absolute atomic E-state index is 11.8. The molecule has 0 spiro atoms. The fraction of sp³-hybridized carbons (Fsp3) is 0.176. The van der Waals surface area contributed by atoms with Crippen LogP contribution in [0.2, 0.25) is 0 Å². The molecular formula is C17H18N2O2S2. The molecule has 2 rings (SSSR count). The number of hydrogen-bond acceptors (Lipinski definition) is 5. The van der Waals surface area contributed by atoms with Crippen LogP contribution in [0.1, 0.15) is 12.7 Å². The summed E-state index contributed by atoms with van der Waals surface area (Å²) in [5, 5.41) is 5.90. The van der Waals surface area contributed by atoms with Crippen molar-refractivity contribution >= 4 is 46.3 Å². The Hall–Kier alpha value is -2.05. The second-order valence-electron chi connectivity index (χ2n) is 4.58. The minimum atomic E-state index is -0.193. The van der Waals surface area contributed by atoms with Crippen molar-refractivity contribution in [2.75, 3.05) is 18.9 Å². The van der Waals surface area contributed by atoms with Crippen molar-refractivity contribution < 1.29 is 9.21 Å². The number of hydrogen-bond donors (Lipinski definition) is 2. The number of thioether (sulfide) groups is 1. The lowest BCUT2D eigenvalue weighted by atomic mass is 10.1. The van der Waals surface area contributed by atoms with E-state index in [2.05, 4.69) is 10.6 Å². The second kappa shape index (κ2) is 8.55. The highest BCUT2D eigenvalue weighted by atomic mass is 32.2. The molecular weight excluding hydrogens is 328 g/mol. The van der Waals surface area contributed by atoms with Crippen LogP contribution in [0.4, 0.5) is 5.69 Å². The lowest BCUT2D eigenvalue weighted by Gasteiger charge is -2.08. The first-order chi connectivity index (χ1) is 11.2. The highest BCUT2D eigenvalue weighted by Gasteiger charge is 2.11. The van der Waals surface area contributed by atoms with Crippen molar-refractivity contribution in [2.24, 2.45) is 0 Å². The normalized spacial score (nSPS) is 11.1. The minimum absolute atomic E-state index is 0.193. The van der Waals surface area contributed by atoms with E-state index in [1.165, 1.54) is 16.5 Å². The fourth-order valence-corrected chi connectivity index (χ4v) is 2.88. The summed E-state index contributed by atoms with van der Waals surface area (Å²) < 4.78 is 7.32. The van der Waals surface area contributed by atoms with Crippen LogP contribution >= 0.6 is 24.0 Å². The van der Waals surface area contributed by atoms with Gasteiger partial charge in [0.1, 0.15) is 11.5 Å². The second-order valence-corrected chi connectivity index (χ2v) is 6.03. The van der Waals surface area contributed by atoms with Gasteiger partial charge in [0.25, 0.3) is 5.91 Å². The number of likely N-dealkylation sites (N-methyl/N-ethyl adjacent to an activating group) is 1. The van der Waals surface area contributed by atoms with Crippen LogP contribution in [0.5, 0.6) is 0 Å². The van der Waals surface area contributed by atoms with Gasteiger partial charge in [0, 0.05) is 35.6 Å². The van der Waals surface area contributed by atoms with Crippen LogP contribution in [0.15, 0.2) is 45.7 Å². The molecule has 1 aromatic heterocycles. The first-order valence-corrected chi connectivity index (χ1v) is 8.52. The summed E-state index contributed by atoms with van der Waals surface area (Å²) in [5.41, 5.74) is 2.00. The highest BCUT2D eigenvalue weighted by Crippen LogP contribution is 2.30. The zero-order valence-corrected chi connectivity index (χ0v) is 14.6. The molecule has 0 atom stereocenters. The van der Waals surface area contributed by atoms with E-state index >= 15 is 0 Å². The van der Waals surface area contributed by atoms with Crippen molar-refractivity contribution in [3.05, 3.63) is 47.1 Å². The van der Waals surface area contributed by atoms with Gasteiger partial charge in [-0.3, -0.25) is 4.79 Å². The van der Waals surface area contributed by atoms with Crippen molar-refractivity contribution in [1.29, 1.82) is 0 Å². The van der Waals surface area contributed by atoms with E-state index in [9.17, 15) is 4.79 Å². The van der Waals surface area contributed by atoms with E-state index in [0.717, 1.165) is 23.6 Å². The molecule has 120 valence electrons. The zero-order valence-electron chi connectivity index (χ0n) is 13.0. The summed E-state index contributed by atoms with van der Waals surface area (Å²) in [6.45, 7) is 2.88. The van der Waals surface area contributed by atoms with Gasteiger partial charge in [0.15, 0.2) is 0 Å². The first-order valence-electron chi connectivity index (χ1n) is 7.16. The average molecular weight is 346 g/mol.